The van der Waals surface area contributed by atoms with E-state index in [-0.39, 0.29) is 21.7 Å². The molecule has 0 atom stereocenters. The molecule has 0 saturated carbocycles. The summed E-state index contributed by atoms with van der Waals surface area (Å²) < 4.78 is 7.31. The second-order valence-electron chi connectivity index (χ2n) is 6.45. The molecular weight excluding hydrogens is 479 g/mol. The van der Waals surface area contributed by atoms with Gasteiger partial charge in [-0.25, -0.2) is 0 Å². The number of carbonyl (C=O) groups excluding carboxylic acids is 1. The third-order valence-corrected chi connectivity index (χ3v) is 6.09. The van der Waals surface area contributed by atoms with E-state index in [1.165, 1.54) is 23.9 Å². The molecule has 0 aliphatic heterocycles. The van der Waals surface area contributed by atoms with E-state index in [0.29, 0.717) is 21.7 Å². The fraction of sp³-hybridized carbons (Fsp3) is 0.0952. The largest absolute Gasteiger partial charge is 0.469 e. The molecular formula is C21H15Cl3N4O2S. The van der Waals surface area contributed by atoms with E-state index in [1.54, 1.807) is 6.26 Å². The second-order valence-corrected chi connectivity index (χ2v) is 8.64. The molecule has 0 aliphatic rings. The molecule has 0 saturated heterocycles. The highest BCUT2D eigenvalue weighted by atomic mass is 35.5. The Morgan fingerprint density at radius 2 is 1.81 bits per heavy atom. The number of para-hydroxylation sites is 1. The second kappa shape index (κ2) is 9.36. The highest BCUT2D eigenvalue weighted by Crippen LogP contribution is 2.34. The van der Waals surface area contributed by atoms with Gasteiger partial charge in [-0.15, -0.1) is 10.2 Å². The fourth-order valence-electron chi connectivity index (χ4n) is 2.93. The predicted octanol–water partition coefficient (Wildman–Crippen LogP) is 6.53. The Morgan fingerprint density at radius 1 is 1.10 bits per heavy atom. The van der Waals surface area contributed by atoms with E-state index in [4.69, 9.17) is 39.2 Å². The number of nitrogens with zero attached hydrogens (tertiary/aromatic N) is 3. The molecule has 1 N–H and O–H groups in total. The standard InChI is InChI=1S/C21H15Cl3N4O2S/c1-12-15(7-8-30-12)20-26-27-21(28(20)14-5-3-2-4-6-14)31-11-18(29)25-19-16(23)9-13(22)10-17(19)24/h2-10H,11H2,1H3,(H,25,29). The van der Waals surface area contributed by atoms with Crippen LogP contribution in [0.1, 0.15) is 5.76 Å². The molecule has 2 heterocycles. The van der Waals surface area contributed by atoms with Crippen LogP contribution in [0.5, 0.6) is 0 Å². The minimum Gasteiger partial charge on any atom is -0.469 e. The summed E-state index contributed by atoms with van der Waals surface area (Å²) in [5.41, 5.74) is 2.01. The van der Waals surface area contributed by atoms with Gasteiger partial charge in [0.25, 0.3) is 0 Å². The lowest BCUT2D eigenvalue weighted by atomic mass is 10.2. The fourth-order valence-corrected chi connectivity index (χ4v) is 4.60. The zero-order valence-electron chi connectivity index (χ0n) is 16.1. The molecule has 0 radical (unpaired) electrons. The van der Waals surface area contributed by atoms with Crippen LogP contribution in [-0.4, -0.2) is 26.4 Å². The molecule has 0 aliphatic carbocycles. The minimum atomic E-state index is -0.292. The number of carbonyl (C=O) groups is 1. The van der Waals surface area contributed by atoms with E-state index in [2.05, 4.69) is 15.5 Å². The first-order valence-corrected chi connectivity index (χ1v) is 11.2. The number of anilines is 1. The summed E-state index contributed by atoms with van der Waals surface area (Å²) in [6, 6.07) is 14.5. The van der Waals surface area contributed by atoms with Gasteiger partial charge in [-0.2, -0.15) is 0 Å². The van der Waals surface area contributed by atoms with Crippen molar-refractivity contribution >= 4 is 58.2 Å². The van der Waals surface area contributed by atoms with E-state index < -0.39 is 0 Å². The third-order valence-electron chi connectivity index (χ3n) is 4.35. The third kappa shape index (κ3) is 4.75. The summed E-state index contributed by atoms with van der Waals surface area (Å²) >= 11 is 19.5. The van der Waals surface area contributed by atoms with E-state index >= 15 is 0 Å². The van der Waals surface area contributed by atoms with Crippen LogP contribution < -0.4 is 5.32 Å². The molecule has 1 amide bonds. The van der Waals surface area contributed by atoms with Crippen LogP contribution in [0.4, 0.5) is 5.69 Å². The van der Waals surface area contributed by atoms with Gasteiger partial charge in [0.1, 0.15) is 5.76 Å². The van der Waals surface area contributed by atoms with Crippen LogP contribution in [-0.2, 0) is 4.79 Å². The number of thioether (sulfide) groups is 1. The van der Waals surface area contributed by atoms with Crippen molar-refractivity contribution in [2.24, 2.45) is 0 Å². The zero-order valence-corrected chi connectivity index (χ0v) is 19.2. The lowest BCUT2D eigenvalue weighted by Crippen LogP contribution is -2.15. The Labute approximate surface area is 197 Å². The summed E-state index contributed by atoms with van der Waals surface area (Å²) in [5.74, 6) is 1.14. The Hall–Kier alpha value is -2.45. The van der Waals surface area contributed by atoms with Gasteiger partial charge < -0.3 is 9.73 Å². The Balaban J connectivity index is 1.59. The van der Waals surface area contributed by atoms with Crippen molar-refractivity contribution in [1.82, 2.24) is 14.8 Å². The molecule has 2 aromatic carbocycles. The van der Waals surface area contributed by atoms with Crippen LogP contribution in [0.15, 0.2) is 64.4 Å². The van der Waals surface area contributed by atoms with Crippen molar-refractivity contribution in [3.8, 4) is 17.1 Å². The summed E-state index contributed by atoms with van der Waals surface area (Å²) in [4.78, 5) is 12.6. The first-order chi connectivity index (χ1) is 14.9. The number of rotatable bonds is 6. The van der Waals surface area contributed by atoms with Gasteiger partial charge in [0.15, 0.2) is 11.0 Å². The number of furan rings is 1. The highest BCUT2D eigenvalue weighted by Gasteiger charge is 2.20. The summed E-state index contributed by atoms with van der Waals surface area (Å²) in [6.07, 6.45) is 1.61. The predicted molar refractivity (Wildman–Crippen MR) is 125 cm³/mol. The number of nitrogens with one attached hydrogen (secondary N) is 1. The maximum absolute atomic E-state index is 12.6. The molecule has 0 fully saturated rings. The lowest BCUT2D eigenvalue weighted by molar-refractivity contribution is -0.113. The van der Waals surface area contributed by atoms with Gasteiger partial charge in [0, 0.05) is 10.7 Å². The van der Waals surface area contributed by atoms with Gasteiger partial charge in [-0.3, -0.25) is 9.36 Å². The molecule has 4 aromatic rings. The Kier molecular flexibility index (Phi) is 6.57. The lowest BCUT2D eigenvalue weighted by Gasteiger charge is -2.11. The summed E-state index contributed by atoms with van der Waals surface area (Å²) in [6.45, 7) is 1.86. The van der Waals surface area contributed by atoms with Crippen molar-refractivity contribution in [1.29, 1.82) is 0 Å². The molecule has 2 aromatic heterocycles. The summed E-state index contributed by atoms with van der Waals surface area (Å²) in [7, 11) is 0. The summed E-state index contributed by atoms with van der Waals surface area (Å²) in [5, 5.41) is 12.8. The Bertz CT molecular complexity index is 1220. The van der Waals surface area contributed by atoms with E-state index in [9.17, 15) is 4.79 Å². The van der Waals surface area contributed by atoms with Gasteiger partial charge in [-0.1, -0.05) is 64.8 Å². The van der Waals surface area contributed by atoms with Crippen LogP contribution in [0.3, 0.4) is 0 Å². The van der Waals surface area contributed by atoms with Crippen LogP contribution in [0.2, 0.25) is 15.1 Å². The van der Waals surface area contributed by atoms with Gasteiger partial charge in [0.2, 0.25) is 5.91 Å². The van der Waals surface area contributed by atoms with Gasteiger partial charge in [-0.05, 0) is 37.3 Å². The number of benzene rings is 2. The normalized spacial score (nSPS) is 11.0. The van der Waals surface area contributed by atoms with Gasteiger partial charge >= 0.3 is 0 Å². The van der Waals surface area contributed by atoms with Crippen molar-refractivity contribution in [2.75, 3.05) is 11.1 Å². The topological polar surface area (TPSA) is 72.9 Å². The van der Waals surface area contributed by atoms with E-state index in [0.717, 1.165) is 17.0 Å². The first kappa shape index (κ1) is 21.8. The SMILES string of the molecule is Cc1occc1-c1nnc(SCC(=O)Nc2c(Cl)cc(Cl)cc2Cl)n1-c1ccccc1. The minimum absolute atomic E-state index is 0.0740. The molecule has 4 rings (SSSR count). The van der Waals surface area contributed by atoms with Crippen molar-refractivity contribution in [3.05, 3.63) is 75.6 Å². The van der Waals surface area contributed by atoms with Gasteiger partial charge in [0.05, 0.1) is 33.3 Å². The van der Waals surface area contributed by atoms with Crippen LogP contribution in [0, 0.1) is 6.92 Å². The molecule has 6 nitrogen and oxygen atoms in total. The van der Waals surface area contributed by atoms with Crippen LogP contribution >= 0.6 is 46.6 Å². The average molecular weight is 494 g/mol. The molecule has 0 unspecified atom stereocenters. The maximum atomic E-state index is 12.6. The smallest absolute Gasteiger partial charge is 0.234 e. The Morgan fingerprint density at radius 3 is 2.45 bits per heavy atom. The number of aryl methyl sites for hydroxylation is 1. The number of halogens is 3. The van der Waals surface area contributed by atoms with Crippen LogP contribution in [0.25, 0.3) is 17.1 Å². The number of aromatic nitrogens is 3. The molecule has 31 heavy (non-hydrogen) atoms. The quantitative estimate of drug-likeness (QED) is 0.309. The zero-order chi connectivity index (χ0) is 22.0. The number of hydrogen-bond donors (Lipinski definition) is 1. The molecule has 158 valence electrons. The molecule has 10 heteroatoms. The van der Waals surface area contributed by atoms with Crippen molar-refractivity contribution < 1.29 is 9.21 Å². The molecule has 0 bridgehead atoms. The monoisotopic (exact) mass is 492 g/mol. The van der Waals surface area contributed by atoms with Crippen molar-refractivity contribution in [3.63, 3.8) is 0 Å². The van der Waals surface area contributed by atoms with E-state index in [1.807, 2.05) is 47.9 Å². The highest BCUT2D eigenvalue weighted by molar-refractivity contribution is 7.99. The number of amides is 1. The maximum Gasteiger partial charge on any atom is 0.234 e. The first-order valence-electron chi connectivity index (χ1n) is 9.06. The van der Waals surface area contributed by atoms with Crippen molar-refractivity contribution in [2.45, 2.75) is 12.1 Å². The molecule has 0 spiro atoms. The average Bonchev–Trinajstić information content (AvgIpc) is 3.35. The number of hydrogen-bond acceptors (Lipinski definition) is 5.